The van der Waals surface area contributed by atoms with Gasteiger partial charge in [-0.3, -0.25) is 9.69 Å². The topological polar surface area (TPSA) is 71.0 Å². The van der Waals surface area contributed by atoms with Crippen LogP contribution in [0.1, 0.15) is 62.2 Å². The molecule has 3 aliphatic heterocycles. The van der Waals surface area contributed by atoms with Crippen LogP contribution in [0.15, 0.2) is 48.7 Å². The fourth-order valence-electron chi connectivity index (χ4n) is 7.18. The molecule has 2 aromatic heterocycles. The van der Waals surface area contributed by atoms with Gasteiger partial charge in [0.25, 0.3) is 5.91 Å². The van der Waals surface area contributed by atoms with Crippen molar-refractivity contribution >= 4 is 31.5 Å². The molecule has 8 nitrogen and oxygen atoms in total. The molecule has 13 heteroatoms. The second-order valence-electron chi connectivity index (χ2n) is 15.2. The first-order chi connectivity index (χ1) is 23.5. The van der Waals surface area contributed by atoms with Crippen LogP contribution in [0.3, 0.4) is 0 Å². The maximum atomic E-state index is 14.3. The van der Waals surface area contributed by atoms with Crippen LogP contribution >= 0.6 is 11.6 Å². The number of anilines is 1. The molecule has 2 fully saturated rings. The average Bonchev–Trinajstić information content (AvgIpc) is 3.03. The number of nitrogens with zero attached hydrogens (tertiary/aromatic N) is 5. The quantitative estimate of drug-likeness (QED) is 0.207. The molecule has 3 aromatic rings. The van der Waals surface area contributed by atoms with E-state index in [1.807, 2.05) is 36.1 Å². The Morgan fingerprint density at radius 1 is 1.04 bits per heavy atom. The molecule has 3 aliphatic rings. The minimum absolute atomic E-state index is 0.00558. The number of likely N-dealkylation sites (tertiary alicyclic amines) is 1. The van der Waals surface area contributed by atoms with Crippen molar-refractivity contribution in [2.24, 2.45) is 0 Å². The summed E-state index contributed by atoms with van der Waals surface area (Å²) in [4.78, 5) is 29.8. The normalized spacial score (nSPS) is 18.7. The number of ether oxygens (including phenoxy) is 1. The first-order valence-electron chi connectivity index (χ1n) is 17.4. The standard InChI is InChI=1S/C37H47ClF3N5O3Si/c1-7-48-33-26(10-9-17-42-33)29-14-13-27-32(43-29)34(47)46(25-22-44(23-25)20-21-49-50(5,6)35(2,3)4)24-36(27)15-18-45(19-16-36)30-12-8-11-28(38)31(30)37(39,40)41/h8-14,17,25H,7,15-16,18-24H2,1-6H3. The van der Waals surface area contributed by atoms with Crippen LogP contribution in [0.5, 0.6) is 5.88 Å². The Labute approximate surface area is 299 Å². The van der Waals surface area contributed by atoms with Gasteiger partial charge < -0.3 is 19.0 Å². The van der Waals surface area contributed by atoms with Crippen LogP contribution in [0.2, 0.25) is 23.2 Å². The van der Waals surface area contributed by atoms with E-state index in [1.165, 1.54) is 12.1 Å². The largest absolute Gasteiger partial charge is 0.477 e. The minimum atomic E-state index is -4.58. The first-order valence-corrected chi connectivity index (χ1v) is 20.7. The molecule has 0 radical (unpaired) electrons. The predicted molar refractivity (Wildman–Crippen MR) is 193 cm³/mol. The van der Waals surface area contributed by atoms with Crippen molar-refractivity contribution < 1.29 is 27.1 Å². The number of amides is 1. The zero-order chi connectivity index (χ0) is 36.1. The van der Waals surface area contributed by atoms with E-state index < -0.39 is 25.5 Å². The van der Waals surface area contributed by atoms with Gasteiger partial charge in [-0.15, -0.1) is 0 Å². The summed E-state index contributed by atoms with van der Waals surface area (Å²) in [6.07, 6.45) is -1.81. The Hall–Kier alpha value is -3.19. The second-order valence-corrected chi connectivity index (χ2v) is 20.5. The van der Waals surface area contributed by atoms with Gasteiger partial charge in [0, 0.05) is 57.5 Å². The molecule has 1 aromatic carbocycles. The molecule has 270 valence electrons. The predicted octanol–water partition coefficient (Wildman–Crippen LogP) is 7.91. The van der Waals surface area contributed by atoms with Crippen molar-refractivity contribution in [1.29, 1.82) is 0 Å². The number of carbonyl (C=O) groups is 1. The van der Waals surface area contributed by atoms with Gasteiger partial charge in [-0.2, -0.15) is 13.2 Å². The molecule has 2 saturated heterocycles. The van der Waals surface area contributed by atoms with Crippen LogP contribution in [-0.2, 0) is 16.0 Å². The number of halogens is 4. The van der Waals surface area contributed by atoms with Gasteiger partial charge in [-0.25, -0.2) is 9.97 Å². The fourth-order valence-corrected chi connectivity index (χ4v) is 8.49. The Kier molecular flexibility index (Phi) is 10.1. The number of benzene rings is 1. The summed E-state index contributed by atoms with van der Waals surface area (Å²) in [6, 6.07) is 11.9. The Morgan fingerprint density at radius 3 is 2.42 bits per heavy atom. The number of alkyl halides is 3. The third-order valence-corrected chi connectivity index (χ3v) is 16.0. The van der Waals surface area contributed by atoms with Crippen LogP contribution in [0.25, 0.3) is 11.3 Å². The smallest absolute Gasteiger partial charge is 0.419 e. The fraction of sp³-hybridized carbons (Fsp3) is 0.541. The van der Waals surface area contributed by atoms with Crippen LogP contribution < -0.4 is 9.64 Å². The monoisotopic (exact) mass is 729 g/mol. The van der Waals surface area contributed by atoms with Gasteiger partial charge >= 0.3 is 6.18 Å². The molecular formula is C37H47ClF3N5O3Si. The molecule has 0 bridgehead atoms. The number of aromatic nitrogens is 2. The van der Waals surface area contributed by atoms with Gasteiger partial charge in [0.15, 0.2) is 8.32 Å². The maximum absolute atomic E-state index is 14.3. The first kappa shape index (κ1) is 36.6. The lowest BCUT2D eigenvalue weighted by Crippen LogP contribution is -2.66. The Bertz CT molecular complexity index is 1720. The summed E-state index contributed by atoms with van der Waals surface area (Å²) in [7, 11) is -1.86. The average molecular weight is 730 g/mol. The van der Waals surface area contributed by atoms with Gasteiger partial charge in [0.1, 0.15) is 5.69 Å². The maximum Gasteiger partial charge on any atom is 0.419 e. The lowest BCUT2D eigenvalue weighted by atomic mass is 9.69. The van der Waals surface area contributed by atoms with Crippen LogP contribution in [0, 0.1) is 0 Å². The summed E-state index contributed by atoms with van der Waals surface area (Å²) >= 11 is 6.09. The summed E-state index contributed by atoms with van der Waals surface area (Å²) < 4.78 is 54.6. The van der Waals surface area contributed by atoms with E-state index in [9.17, 15) is 18.0 Å². The SMILES string of the molecule is CCOc1ncccc1-c1ccc2c(n1)C(=O)N(C1CN(CCO[Si](C)(C)C(C)(C)C)C1)CC21CCN(c2cccc(Cl)c2C(F)(F)F)CC1. The molecule has 0 atom stereocenters. The Balaban J connectivity index is 1.27. The molecule has 0 saturated carbocycles. The minimum Gasteiger partial charge on any atom is -0.477 e. The van der Waals surface area contributed by atoms with Gasteiger partial charge in [-0.05, 0) is 73.8 Å². The van der Waals surface area contributed by atoms with E-state index in [2.05, 4.69) is 43.7 Å². The van der Waals surface area contributed by atoms with Crippen molar-refractivity contribution in [3.05, 3.63) is 70.5 Å². The number of carbonyl (C=O) groups excluding carboxylic acids is 1. The van der Waals surface area contributed by atoms with Crippen molar-refractivity contribution in [2.75, 3.05) is 57.4 Å². The lowest BCUT2D eigenvalue weighted by Gasteiger charge is -2.53. The van der Waals surface area contributed by atoms with E-state index in [-0.39, 0.29) is 27.7 Å². The van der Waals surface area contributed by atoms with Gasteiger partial charge in [0.05, 0.1) is 40.2 Å². The van der Waals surface area contributed by atoms with Crippen molar-refractivity contribution in [3.63, 3.8) is 0 Å². The van der Waals surface area contributed by atoms with Crippen LogP contribution in [0.4, 0.5) is 18.9 Å². The lowest BCUT2D eigenvalue weighted by molar-refractivity contribution is -0.137. The highest BCUT2D eigenvalue weighted by Crippen LogP contribution is 2.47. The molecule has 6 rings (SSSR count). The van der Waals surface area contributed by atoms with Crippen molar-refractivity contribution in [2.45, 2.75) is 76.3 Å². The number of pyridine rings is 2. The van der Waals surface area contributed by atoms with Gasteiger partial charge in [-0.1, -0.05) is 44.5 Å². The molecule has 1 spiro atoms. The highest BCUT2D eigenvalue weighted by molar-refractivity contribution is 6.74. The summed E-state index contributed by atoms with van der Waals surface area (Å²) in [5.41, 5.74) is 1.35. The number of hydrogen-bond donors (Lipinski definition) is 0. The highest BCUT2D eigenvalue weighted by Gasteiger charge is 2.50. The molecule has 0 aliphatic carbocycles. The highest BCUT2D eigenvalue weighted by atomic mass is 35.5. The number of fused-ring (bicyclic) bond motifs is 2. The molecule has 0 unspecified atom stereocenters. The second kappa shape index (κ2) is 13.7. The zero-order valence-electron chi connectivity index (χ0n) is 29.7. The van der Waals surface area contributed by atoms with Gasteiger partial charge in [0.2, 0.25) is 5.88 Å². The Morgan fingerprint density at radius 2 is 1.76 bits per heavy atom. The summed E-state index contributed by atoms with van der Waals surface area (Å²) in [5.74, 6) is 0.329. The van der Waals surface area contributed by atoms with Crippen molar-refractivity contribution in [3.8, 4) is 17.1 Å². The number of piperidine rings is 1. The molecule has 0 N–H and O–H groups in total. The van der Waals surface area contributed by atoms with E-state index in [0.29, 0.717) is 68.5 Å². The van der Waals surface area contributed by atoms with E-state index in [0.717, 1.165) is 25.2 Å². The third-order valence-electron chi connectivity index (χ3n) is 11.1. The molecular weight excluding hydrogens is 683 g/mol. The third kappa shape index (κ3) is 7.00. The summed E-state index contributed by atoms with van der Waals surface area (Å²) in [6.45, 7) is 17.7. The van der Waals surface area contributed by atoms with Crippen molar-refractivity contribution in [1.82, 2.24) is 19.8 Å². The van der Waals surface area contributed by atoms with Crippen LogP contribution in [-0.4, -0.2) is 92.5 Å². The number of rotatable bonds is 9. The van der Waals surface area contributed by atoms with E-state index >= 15 is 0 Å². The molecule has 1 amide bonds. The summed E-state index contributed by atoms with van der Waals surface area (Å²) in [5, 5.41) is -0.174. The molecule has 50 heavy (non-hydrogen) atoms. The van der Waals surface area contributed by atoms with E-state index in [1.54, 1.807) is 17.2 Å². The molecule has 5 heterocycles. The zero-order valence-corrected chi connectivity index (χ0v) is 31.5. The number of hydrogen-bond acceptors (Lipinski definition) is 7. The van der Waals surface area contributed by atoms with E-state index in [4.69, 9.17) is 25.7 Å².